The zero-order valence-electron chi connectivity index (χ0n) is 19.1. The topological polar surface area (TPSA) is 135 Å². The van der Waals surface area contributed by atoms with Crippen LogP contribution in [0.1, 0.15) is 37.7 Å². The minimum Gasteiger partial charge on any atom is -0.394 e. The zero-order chi connectivity index (χ0) is 24.2. The van der Waals surface area contributed by atoms with Crippen LogP contribution in [0, 0.1) is 0 Å². The highest BCUT2D eigenvalue weighted by molar-refractivity contribution is 8.01. The minimum absolute atomic E-state index is 0.273. The number of aliphatic hydroxyl groups is 3. The maximum Gasteiger partial charge on any atom is 0.284 e. The lowest BCUT2D eigenvalue weighted by Gasteiger charge is -2.45. The molecule has 0 radical (unpaired) electrons. The number of H-pyrrole nitrogens is 1. The van der Waals surface area contributed by atoms with E-state index in [4.69, 9.17) is 4.74 Å². The summed E-state index contributed by atoms with van der Waals surface area (Å²) >= 11 is 1.70. The van der Waals surface area contributed by atoms with Crippen LogP contribution in [0.15, 0.2) is 47.5 Å². The average Bonchev–Trinajstić information content (AvgIpc) is 3.56. The highest BCUT2D eigenvalue weighted by Gasteiger charge is 2.57. The number of anilines is 2. The highest BCUT2D eigenvalue weighted by Crippen LogP contribution is 2.54. The number of hydrogen-bond acceptors (Lipinski definition) is 9. The fraction of sp³-hybridized carbons (Fsp3) is 0.500. The summed E-state index contributed by atoms with van der Waals surface area (Å²) in [4.78, 5) is 21.9. The normalized spacial score (nSPS) is 31.1. The van der Waals surface area contributed by atoms with Crippen LogP contribution in [-0.2, 0) is 9.73 Å². The van der Waals surface area contributed by atoms with Crippen LogP contribution < -0.4 is 15.8 Å². The Balaban J connectivity index is 1.56. The Morgan fingerprint density at radius 2 is 1.91 bits per heavy atom. The lowest BCUT2D eigenvalue weighted by molar-refractivity contribution is -0.0249. The molecule has 11 heteroatoms. The number of benzene rings is 1. The largest absolute Gasteiger partial charge is 0.394 e. The molecule has 0 spiro atoms. The van der Waals surface area contributed by atoms with Crippen molar-refractivity contribution in [3.8, 4) is 0 Å². The second-order valence-electron chi connectivity index (χ2n) is 9.39. The molecular weight excluding hydrogens is 470 g/mol. The molecule has 0 amide bonds. The van der Waals surface area contributed by atoms with Crippen molar-refractivity contribution in [2.45, 2.75) is 66.9 Å². The maximum atomic E-state index is 13.5. The Labute approximate surface area is 205 Å². The Hall–Kier alpha value is -2.57. The number of fused-ring (bicyclic) bond motifs is 2. The van der Waals surface area contributed by atoms with Crippen molar-refractivity contribution in [3.05, 3.63) is 58.6 Å². The molecule has 0 bridgehead atoms. The number of nitrogens with one attached hydrogen (secondary N) is 2. The molecule has 2 aromatic heterocycles. The van der Waals surface area contributed by atoms with Gasteiger partial charge < -0.3 is 30.4 Å². The van der Waals surface area contributed by atoms with E-state index >= 15 is 0 Å². The summed E-state index contributed by atoms with van der Waals surface area (Å²) in [6.07, 6.45) is 4.14. The van der Waals surface area contributed by atoms with Gasteiger partial charge in [-0.3, -0.25) is 14.1 Å². The van der Waals surface area contributed by atoms with Crippen LogP contribution >= 0.6 is 11.8 Å². The van der Waals surface area contributed by atoms with Crippen LogP contribution in [0.2, 0.25) is 0 Å². The van der Waals surface area contributed by atoms with Gasteiger partial charge in [-0.25, -0.2) is 4.98 Å². The van der Waals surface area contributed by atoms with Gasteiger partial charge in [0.25, 0.3) is 5.56 Å². The quantitative estimate of drug-likeness (QED) is 0.354. The average molecular weight is 500 g/mol. The van der Waals surface area contributed by atoms with Crippen molar-refractivity contribution in [2.24, 2.45) is 0 Å². The summed E-state index contributed by atoms with van der Waals surface area (Å²) in [5.74, 6) is 0.787. The molecule has 186 valence electrons. The third-order valence-corrected chi connectivity index (χ3v) is 8.92. The fourth-order valence-corrected chi connectivity index (χ4v) is 7.28. The molecule has 5 N–H and O–H groups in total. The van der Waals surface area contributed by atoms with Gasteiger partial charge in [0, 0.05) is 23.2 Å². The number of imidazole rings is 1. The van der Waals surface area contributed by atoms with E-state index in [1.165, 1.54) is 10.8 Å². The van der Waals surface area contributed by atoms with Crippen molar-refractivity contribution in [1.82, 2.24) is 14.4 Å². The maximum absolute atomic E-state index is 13.5. The Kier molecular flexibility index (Phi) is 5.76. The van der Waals surface area contributed by atoms with E-state index in [0.29, 0.717) is 22.5 Å². The molecule has 10 nitrogen and oxygen atoms in total. The molecule has 35 heavy (non-hydrogen) atoms. The molecular formula is C24H29N5O5S. The van der Waals surface area contributed by atoms with E-state index in [2.05, 4.69) is 15.3 Å². The third kappa shape index (κ3) is 3.56. The Morgan fingerprint density at radius 3 is 2.63 bits per heavy atom. The monoisotopic (exact) mass is 499 g/mol. The second-order valence-corrected chi connectivity index (χ2v) is 10.9. The molecule has 3 aliphatic rings. The number of thioether (sulfide) groups is 1. The van der Waals surface area contributed by atoms with E-state index in [9.17, 15) is 20.1 Å². The van der Waals surface area contributed by atoms with Gasteiger partial charge in [0.2, 0.25) is 5.78 Å². The van der Waals surface area contributed by atoms with Gasteiger partial charge in [0.15, 0.2) is 11.2 Å². The van der Waals surface area contributed by atoms with Gasteiger partial charge in [-0.15, -0.1) is 11.8 Å². The molecule has 3 aromatic rings. The van der Waals surface area contributed by atoms with Crippen molar-refractivity contribution in [2.75, 3.05) is 16.8 Å². The summed E-state index contributed by atoms with van der Waals surface area (Å²) in [6, 6.07) is 9.78. The number of nitrogens with zero attached hydrogens (tertiary/aromatic N) is 3. The Morgan fingerprint density at radius 1 is 1.14 bits per heavy atom. The number of hydrogen-bond donors (Lipinski definition) is 5. The van der Waals surface area contributed by atoms with Crippen molar-refractivity contribution < 1.29 is 20.1 Å². The van der Waals surface area contributed by atoms with Crippen LogP contribution in [-0.4, -0.2) is 66.1 Å². The predicted molar refractivity (Wildman–Crippen MR) is 132 cm³/mol. The molecule has 5 atom stereocenters. The van der Waals surface area contributed by atoms with Gasteiger partial charge in [-0.1, -0.05) is 49.6 Å². The first-order valence-electron chi connectivity index (χ1n) is 12.1. The number of aromatic amines is 1. The van der Waals surface area contributed by atoms with E-state index in [1.807, 2.05) is 35.2 Å². The second kappa shape index (κ2) is 8.82. The predicted octanol–water partition coefficient (Wildman–Crippen LogP) is 1.57. The minimum atomic E-state index is -1.31. The van der Waals surface area contributed by atoms with E-state index in [1.54, 1.807) is 24.2 Å². The number of rotatable bonds is 5. The van der Waals surface area contributed by atoms with E-state index in [0.717, 1.165) is 31.2 Å². The summed E-state index contributed by atoms with van der Waals surface area (Å²) in [5, 5.41) is 35.3. The smallest absolute Gasteiger partial charge is 0.284 e. The van der Waals surface area contributed by atoms with Crippen molar-refractivity contribution in [1.29, 1.82) is 0 Å². The first kappa shape index (κ1) is 22.9. The third-order valence-electron chi connectivity index (χ3n) is 7.24. The van der Waals surface area contributed by atoms with E-state index in [-0.39, 0.29) is 5.56 Å². The molecule has 6 rings (SSSR count). The Bertz CT molecular complexity index is 1260. The first-order valence-corrected chi connectivity index (χ1v) is 12.9. The SMILES string of the molecule is O=c1c2c([nH]c3nccn13)N([C@@H]1O[C@H](CO)[C@@H](O)[C@H]1O)C(SC1CCCCC1)(c1ccccc1)N2. The van der Waals surface area contributed by atoms with Crippen LogP contribution in [0.3, 0.4) is 0 Å². The number of ether oxygens (including phenoxy) is 1. The number of aromatic nitrogens is 3. The van der Waals surface area contributed by atoms with Crippen LogP contribution in [0.25, 0.3) is 5.78 Å². The summed E-state index contributed by atoms with van der Waals surface area (Å²) < 4.78 is 7.49. The van der Waals surface area contributed by atoms with Crippen LogP contribution in [0.5, 0.6) is 0 Å². The van der Waals surface area contributed by atoms with Crippen LogP contribution in [0.4, 0.5) is 11.5 Å². The molecule has 1 aromatic carbocycles. The fourth-order valence-electron chi connectivity index (χ4n) is 5.48. The highest BCUT2D eigenvalue weighted by atomic mass is 32.2. The van der Waals surface area contributed by atoms with Gasteiger partial charge in [-0.05, 0) is 12.8 Å². The van der Waals surface area contributed by atoms with Gasteiger partial charge in [0.05, 0.1) is 6.61 Å². The molecule has 1 saturated heterocycles. The van der Waals surface area contributed by atoms with Gasteiger partial charge in [-0.2, -0.15) is 0 Å². The lowest BCUT2D eigenvalue weighted by atomic mass is 10.0. The number of aliphatic hydroxyl groups excluding tert-OH is 3. The summed E-state index contributed by atoms with van der Waals surface area (Å²) in [5.41, 5.74) is 0.945. The molecule has 1 saturated carbocycles. The molecule has 4 heterocycles. The standard InChI is InChI=1S/C24H29N5O5S/c30-13-16-18(31)19(32)22(34-16)29-20-17(21(33)28-12-11-25-23(28)26-20)27-24(29,14-7-3-1-4-8-14)35-15-9-5-2-6-10-15/h1,3-4,7-8,11-12,15-16,18-19,22,27,30-32H,2,5-6,9-10,13H2,(H,25,26)/t16-,18-,19-,22-,24?/m1/s1. The first-order chi connectivity index (χ1) is 17.0. The van der Waals surface area contributed by atoms with Crippen molar-refractivity contribution >= 4 is 29.0 Å². The molecule has 2 fully saturated rings. The van der Waals surface area contributed by atoms with Crippen molar-refractivity contribution in [3.63, 3.8) is 0 Å². The summed E-state index contributed by atoms with van der Waals surface area (Å²) in [6.45, 7) is -0.438. The molecule has 1 unspecified atom stereocenters. The summed E-state index contributed by atoms with van der Waals surface area (Å²) in [7, 11) is 0. The zero-order valence-corrected chi connectivity index (χ0v) is 19.9. The lowest BCUT2D eigenvalue weighted by Crippen LogP contribution is -2.55. The molecule has 2 aliphatic heterocycles. The van der Waals surface area contributed by atoms with Gasteiger partial charge in [0.1, 0.15) is 29.8 Å². The molecule has 1 aliphatic carbocycles. The van der Waals surface area contributed by atoms with E-state index < -0.39 is 36.1 Å². The van der Waals surface area contributed by atoms with Gasteiger partial charge >= 0.3 is 0 Å².